The quantitative estimate of drug-likeness (QED) is 0.285. The number of aliphatic imine (C=N–C) groups is 1. The molecule has 2 atom stereocenters. The summed E-state index contributed by atoms with van der Waals surface area (Å²) in [4.78, 5) is 7.23. The third-order valence-electron chi connectivity index (χ3n) is 4.74. The Morgan fingerprint density at radius 3 is 2.48 bits per heavy atom. The first kappa shape index (κ1) is 26.1. The van der Waals surface area contributed by atoms with E-state index in [0.29, 0.717) is 13.0 Å². The SMILES string of the molecule is CCNC(=NCC(c1ccccc1)N1CCOCC1)NC(C)CCS(C)(=O)=O.I. The van der Waals surface area contributed by atoms with Crippen LogP contribution in [0.3, 0.4) is 0 Å². The average molecular weight is 538 g/mol. The Labute approximate surface area is 192 Å². The number of hydrogen-bond acceptors (Lipinski definition) is 5. The van der Waals surface area contributed by atoms with Crippen molar-refractivity contribution in [3.8, 4) is 0 Å². The van der Waals surface area contributed by atoms with Crippen molar-refractivity contribution in [1.29, 1.82) is 0 Å². The predicted octanol–water partition coefficient (Wildman–Crippen LogP) is 2.06. The Kier molecular flexibility index (Phi) is 12.1. The van der Waals surface area contributed by atoms with E-state index in [1.807, 2.05) is 19.9 Å². The van der Waals surface area contributed by atoms with E-state index in [9.17, 15) is 8.42 Å². The van der Waals surface area contributed by atoms with E-state index in [-0.39, 0.29) is 41.8 Å². The number of halogens is 1. The summed E-state index contributed by atoms with van der Waals surface area (Å²) in [6, 6.07) is 10.6. The molecule has 0 radical (unpaired) electrons. The van der Waals surface area contributed by atoms with Gasteiger partial charge in [-0.05, 0) is 25.8 Å². The van der Waals surface area contributed by atoms with E-state index in [0.717, 1.165) is 38.8 Å². The van der Waals surface area contributed by atoms with Crippen LogP contribution in [-0.2, 0) is 14.6 Å². The lowest BCUT2D eigenvalue weighted by Crippen LogP contribution is -2.44. The molecule has 1 heterocycles. The van der Waals surface area contributed by atoms with Crippen molar-refractivity contribution in [2.24, 2.45) is 4.99 Å². The number of guanidine groups is 1. The molecule has 166 valence electrons. The Morgan fingerprint density at radius 1 is 1.24 bits per heavy atom. The summed E-state index contributed by atoms with van der Waals surface area (Å²) in [6.45, 7) is 8.65. The molecule has 0 spiro atoms. The lowest BCUT2D eigenvalue weighted by atomic mass is 10.0. The highest BCUT2D eigenvalue weighted by Crippen LogP contribution is 2.22. The average Bonchev–Trinajstić information content (AvgIpc) is 2.68. The highest BCUT2D eigenvalue weighted by molar-refractivity contribution is 14.0. The molecule has 2 unspecified atom stereocenters. The monoisotopic (exact) mass is 538 g/mol. The van der Waals surface area contributed by atoms with Crippen molar-refractivity contribution in [2.45, 2.75) is 32.4 Å². The zero-order valence-electron chi connectivity index (χ0n) is 17.6. The van der Waals surface area contributed by atoms with E-state index in [2.05, 4.69) is 39.8 Å². The van der Waals surface area contributed by atoms with Gasteiger partial charge in [0.05, 0.1) is 31.6 Å². The van der Waals surface area contributed by atoms with Crippen molar-refractivity contribution in [2.75, 3.05) is 51.4 Å². The fraction of sp³-hybridized carbons (Fsp3) is 0.650. The van der Waals surface area contributed by atoms with Crippen LogP contribution >= 0.6 is 24.0 Å². The van der Waals surface area contributed by atoms with Crippen molar-refractivity contribution >= 4 is 39.8 Å². The minimum Gasteiger partial charge on any atom is -0.379 e. The van der Waals surface area contributed by atoms with Crippen molar-refractivity contribution < 1.29 is 13.2 Å². The third-order valence-corrected chi connectivity index (χ3v) is 5.72. The fourth-order valence-electron chi connectivity index (χ4n) is 3.19. The van der Waals surface area contributed by atoms with Crippen LogP contribution < -0.4 is 10.6 Å². The van der Waals surface area contributed by atoms with E-state index >= 15 is 0 Å². The van der Waals surface area contributed by atoms with Crippen LogP contribution in [0.15, 0.2) is 35.3 Å². The first-order chi connectivity index (χ1) is 13.4. The molecule has 1 aliphatic heterocycles. The molecule has 0 aromatic heterocycles. The van der Waals surface area contributed by atoms with Crippen LogP contribution in [0.2, 0.25) is 0 Å². The molecule has 1 aromatic carbocycles. The molecule has 9 heteroatoms. The summed E-state index contributed by atoms with van der Waals surface area (Å²) in [5.74, 6) is 0.888. The maximum Gasteiger partial charge on any atom is 0.191 e. The Balaban J connectivity index is 0.00000420. The second-order valence-electron chi connectivity index (χ2n) is 7.26. The summed E-state index contributed by atoms with van der Waals surface area (Å²) >= 11 is 0. The molecule has 1 saturated heterocycles. The van der Waals surface area contributed by atoms with Gasteiger partial charge in [0.15, 0.2) is 5.96 Å². The van der Waals surface area contributed by atoms with Gasteiger partial charge in [-0.15, -0.1) is 24.0 Å². The summed E-state index contributed by atoms with van der Waals surface area (Å²) in [5, 5.41) is 6.60. The number of morpholine rings is 1. The maximum absolute atomic E-state index is 11.4. The largest absolute Gasteiger partial charge is 0.379 e. The first-order valence-electron chi connectivity index (χ1n) is 9.98. The van der Waals surface area contributed by atoms with Gasteiger partial charge >= 0.3 is 0 Å². The number of benzene rings is 1. The van der Waals surface area contributed by atoms with Crippen molar-refractivity contribution in [3.63, 3.8) is 0 Å². The zero-order valence-corrected chi connectivity index (χ0v) is 20.8. The molecular formula is C20H35IN4O3S. The molecule has 2 rings (SSSR count). The number of nitrogens with one attached hydrogen (secondary N) is 2. The van der Waals surface area contributed by atoms with Gasteiger partial charge in [0.25, 0.3) is 0 Å². The van der Waals surface area contributed by atoms with Gasteiger partial charge < -0.3 is 15.4 Å². The van der Waals surface area contributed by atoms with E-state index in [4.69, 9.17) is 9.73 Å². The van der Waals surface area contributed by atoms with Crippen LogP contribution in [-0.4, -0.2) is 76.7 Å². The first-order valence-corrected chi connectivity index (χ1v) is 12.0. The lowest BCUT2D eigenvalue weighted by molar-refractivity contribution is 0.0179. The predicted molar refractivity (Wildman–Crippen MR) is 130 cm³/mol. The molecule has 1 fully saturated rings. The molecule has 29 heavy (non-hydrogen) atoms. The van der Waals surface area contributed by atoms with Gasteiger partial charge in [0.1, 0.15) is 9.84 Å². The van der Waals surface area contributed by atoms with E-state index < -0.39 is 9.84 Å². The van der Waals surface area contributed by atoms with Crippen LogP contribution in [0.5, 0.6) is 0 Å². The molecule has 0 amide bonds. The van der Waals surface area contributed by atoms with Crippen LogP contribution in [0.1, 0.15) is 31.9 Å². The molecule has 0 aliphatic carbocycles. The van der Waals surface area contributed by atoms with E-state index in [1.54, 1.807) is 0 Å². The third kappa shape index (κ3) is 10.1. The number of nitrogens with zero attached hydrogens (tertiary/aromatic N) is 2. The van der Waals surface area contributed by atoms with Gasteiger partial charge in [-0.2, -0.15) is 0 Å². The summed E-state index contributed by atoms with van der Waals surface area (Å²) in [6.07, 6.45) is 1.82. The molecular weight excluding hydrogens is 503 g/mol. The maximum atomic E-state index is 11.4. The molecule has 2 N–H and O–H groups in total. The smallest absolute Gasteiger partial charge is 0.191 e. The van der Waals surface area contributed by atoms with Crippen molar-refractivity contribution in [1.82, 2.24) is 15.5 Å². The Morgan fingerprint density at radius 2 is 1.90 bits per heavy atom. The van der Waals surface area contributed by atoms with Gasteiger partial charge in [-0.25, -0.2) is 8.42 Å². The Hall–Kier alpha value is -0.910. The summed E-state index contributed by atoms with van der Waals surface area (Å²) in [7, 11) is -2.96. The normalized spacial score (nSPS) is 17.8. The van der Waals surface area contributed by atoms with Gasteiger partial charge in [-0.1, -0.05) is 30.3 Å². The summed E-state index contributed by atoms with van der Waals surface area (Å²) in [5.41, 5.74) is 1.24. The molecule has 0 bridgehead atoms. The highest BCUT2D eigenvalue weighted by Gasteiger charge is 2.22. The number of ether oxygens (including phenoxy) is 1. The number of rotatable bonds is 9. The molecule has 1 aliphatic rings. The van der Waals surface area contributed by atoms with Gasteiger partial charge in [0, 0.05) is 31.9 Å². The molecule has 1 aromatic rings. The second kappa shape index (κ2) is 13.4. The molecule has 0 saturated carbocycles. The van der Waals surface area contributed by atoms with Crippen molar-refractivity contribution in [3.05, 3.63) is 35.9 Å². The highest BCUT2D eigenvalue weighted by atomic mass is 127. The van der Waals surface area contributed by atoms with Crippen LogP contribution in [0.4, 0.5) is 0 Å². The van der Waals surface area contributed by atoms with Crippen LogP contribution in [0, 0.1) is 0 Å². The van der Waals surface area contributed by atoms with E-state index in [1.165, 1.54) is 11.8 Å². The minimum absolute atomic E-state index is 0. The second-order valence-corrected chi connectivity index (χ2v) is 9.52. The van der Waals surface area contributed by atoms with Gasteiger partial charge in [0.2, 0.25) is 0 Å². The molecule has 7 nitrogen and oxygen atoms in total. The lowest BCUT2D eigenvalue weighted by Gasteiger charge is -2.34. The Bertz CT molecular complexity index is 710. The van der Waals surface area contributed by atoms with Gasteiger partial charge in [-0.3, -0.25) is 9.89 Å². The number of sulfone groups is 1. The topological polar surface area (TPSA) is 83.0 Å². The minimum atomic E-state index is -2.96. The summed E-state index contributed by atoms with van der Waals surface area (Å²) < 4.78 is 28.3. The standard InChI is InChI=1S/C20H34N4O3S.HI/c1-4-21-20(23-17(2)10-15-28(3,25)26)22-16-19(18-8-6-5-7-9-18)24-11-13-27-14-12-24;/h5-9,17,19H,4,10-16H2,1-3H3,(H2,21,22,23);1H. The zero-order chi connectivity index (χ0) is 20.4. The number of hydrogen-bond donors (Lipinski definition) is 2. The van der Waals surface area contributed by atoms with Crippen LogP contribution in [0.25, 0.3) is 0 Å². The fourth-order valence-corrected chi connectivity index (χ4v) is 3.97.